The second kappa shape index (κ2) is 11.8. The monoisotopic (exact) mass is 604 g/mol. The lowest BCUT2D eigenvalue weighted by Gasteiger charge is -2.41. The van der Waals surface area contributed by atoms with Crippen molar-refractivity contribution in [2.45, 2.75) is 77.9 Å². The molecular weight excluding hydrogens is 566 g/mol. The van der Waals surface area contributed by atoms with Crippen LogP contribution in [0.1, 0.15) is 69.1 Å². The number of H-pyrrole nitrogens is 1. The van der Waals surface area contributed by atoms with Crippen LogP contribution >= 0.6 is 0 Å². The number of carboxylic acid groups (broad SMARTS) is 1. The first-order valence-electron chi connectivity index (χ1n) is 13.4. The summed E-state index contributed by atoms with van der Waals surface area (Å²) < 4.78 is 42.0. The normalized spacial score (nSPS) is 13.2. The Kier molecular flexibility index (Phi) is 9.23. The Morgan fingerprint density at radius 3 is 2.24 bits per heavy atom. The Labute approximate surface area is 244 Å². The van der Waals surface area contributed by atoms with Crippen LogP contribution in [0.5, 0.6) is 5.75 Å². The number of phenols is 1. The first-order valence-corrected chi connectivity index (χ1v) is 16.3. The molecule has 0 aliphatic carbocycles. The molecule has 9 nitrogen and oxygen atoms in total. The number of carbonyl (C=O) groups excluding carboxylic acids is 1. The standard InChI is InChI=1S/C30H38F2N2O7Si/c1-29(2,3)40-28(39)34(15-17-13-22(32)20(27(37)38)14-21(17)31)16-24(41-42(7,8)30(4,5)6)18-9-11-23(35)26-19(18)10-12-25(36)33-26/h9-14,24,35H,15-16H2,1-8H3,(H,33,36)(H,37,38)/t24-/m0/s1. The van der Waals surface area contributed by atoms with Gasteiger partial charge in [0.1, 0.15) is 23.0 Å². The minimum Gasteiger partial charge on any atom is -0.506 e. The number of amides is 1. The maximum atomic E-state index is 15.0. The third-order valence-electron chi connectivity index (χ3n) is 7.26. The van der Waals surface area contributed by atoms with Gasteiger partial charge in [0, 0.05) is 17.0 Å². The Bertz CT molecular complexity index is 1560. The van der Waals surface area contributed by atoms with Crippen molar-refractivity contribution in [2.75, 3.05) is 6.54 Å². The summed E-state index contributed by atoms with van der Waals surface area (Å²) in [6, 6.07) is 7.22. The lowest BCUT2D eigenvalue weighted by Crippen LogP contribution is -2.45. The third-order valence-corrected chi connectivity index (χ3v) is 11.7. The maximum Gasteiger partial charge on any atom is 0.410 e. The Balaban J connectivity index is 2.18. The zero-order chi connectivity index (χ0) is 31.8. The summed E-state index contributed by atoms with van der Waals surface area (Å²) in [5, 5.41) is 19.9. The average molecular weight is 605 g/mol. The van der Waals surface area contributed by atoms with Crippen LogP contribution in [-0.4, -0.2) is 52.6 Å². The van der Waals surface area contributed by atoms with E-state index in [2.05, 4.69) is 4.98 Å². The maximum absolute atomic E-state index is 15.0. The number of aromatic nitrogens is 1. The number of nitrogens with one attached hydrogen (secondary N) is 1. The molecule has 0 fully saturated rings. The first kappa shape index (κ1) is 32.7. The molecule has 0 unspecified atom stereocenters. The van der Waals surface area contributed by atoms with Crippen LogP contribution in [0.2, 0.25) is 18.1 Å². The van der Waals surface area contributed by atoms with Crippen molar-refractivity contribution in [3.05, 3.63) is 75.1 Å². The van der Waals surface area contributed by atoms with Gasteiger partial charge in [0.2, 0.25) is 5.56 Å². The van der Waals surface area contributed by atoms with Gasteiger partial charge in [0.05, 0.1) is 30.3 Å². The predicted molar refractivity (Wildman–Crippen MR) is 157 cm³/mol. The third kappa shape index (κ3) is 7.54. The lowest BCUT2D eigenvalue weighted by molar-refractivity contribution is 0.0135. The van der Waals surface area contributed by atoms with E-state index in [-0.39, 0.29) is 28.4 Å². The number of fused-ring (bicyclic) bond motifs is 1. The van der Waals surface area contributed by atoms with E-state index in [9.17, 15) is 29.0 Å². The number of aromatic hydroxyl groups is 1. The number of hydrogen-bond acceptors (Lipinski definition) is 6. The summed E-state index contributed by atoms with van der Waals surface area (Å²) in [5.74, 6) is -3.93. The Hall–Kier alpha value is -3.77. The van der Waals surface area contributed by atoms with Crippen molar-refractivity contribution in [1.29, 1.82) is 0 Å². The van der Waals surface area contributed by atoms with E-state index in [1.54, 1.807) is 32.9 Å². The topological polar surface area (TPSA) is 129 Å². The van der Waals surface area contributed by atoms with E-state index in [4.69, 9.17) is 9.16 Å². The Morgan fingerprint density at radius 1 is 1.02 bits per heavy atom. The van der Waals surface area contributed by atoms with Crippen LogP contribution in [0, 0.1) is 11.6 Å². The molecule has 3 rings (SSSR count). The summed E-state index contributed by atoms with van der Waals surface area (Å²) in [6.07, 6.45) is -1.68. The van der Waals surface area contributed by atoms with Crippen LogP contribution in [0.25, 0.3) is 10.9 Å². The number of halogens is 2. The summed E-state index contributed by atoms with van der Waals surface area (Å²) in [6.45, 7) is 14.5. The molecule has 1 atom stereocenters. The van der Waals surface area contributed by atoms with Gasteiger partial charge in [0.15, 0.2) is 8.32 Å². The van der Waals surface area contributed by atoms with E-state index in [1.807, 2.05) is 33.9 Å². The minimum atomic E-state index is -2.56. The number of carbonyl (C=O) groups is 2. The highest BCUT2D eigenvalue weighted by molar-refractivity contribution is 6.74. The highest BCUT2D eigenvalue weighted by Gasteiger charge is 2.41. The second-order valence-corrected chi connectivity index (χ2v) is 17.5. The number of carboxylic acids is 1. The van der Waals surface area contributed by atoms with E-state index in [0.717, 1.165) is 6.07 Å². The molecule has 0 spiro atoms. The van der Waals surface area contributed by atoms with Crippen LogP contribution in [-0.2, 0) is 15.7 Å². The lowest BCUT2D eigenvalue weighted by atomic mass is 10.0. The summed E-state index contributed by atoms with van der Waals surface area (Å²) in [5.41, 5.74) is -1.70. The number of ether oxygens (including phenoxy) is 1. The first-order chi connectivity index (χ1) is 19.2. The van der Waals surface area contributed by atoms with Crippen molar-refractivity contribution < 1.29 is 37.7 Å². The van der Waals surface area contributed by atoms with E-state index in [1.165, 1.54) is 17.0 Å². The number of hydrogen-bond donors (Lipinski definition) is 3. The summed E-state index contributed by atoms with van der Waals surface area (Å²) in [7, 11) is -2.56. The average Bonchev–Trinajstić information content (AvgIpc) is 2.83. The highest BCUT2D eigenvalue weighted by Crippen LogP contribution is 2.41. The molecule has 0 saturated heterocycles. The molecule has 42 heavy (non-hydrogen) atoms. The summed E-state index contributed by atoms with van der Waals surface area (Å²) >= 11 is 0. The SMILES string of the molecule is CC(C)(C)OC(=O)N(Cc1cc(F)c(C(=O)O)cc1F)C[C@H](O[Si](C)(C)C(C)(C)C)c1ccc(O)c2[nH]c(=O)ccc12. The van der Waals surface area contributed by atoms with Gasteiger partial charge in [0.25, 0.3) is 0 Å². The van der Waals surface area contributed by atoms with E-state index in [0.29, 0.717) is 17.0 Å². The van der Waals surface area contributed by atoms with Crippen LogP contribution < -0.4 is 5.56 Å². The molecular formula is C30H38F2N2O7Si. The van der Waals surface area contributed by atoms with Gasteiger partial charge < -0.3 is 29.3 Å². The number of pyridine rings is 1. The minimum absolute atomic E-state index is 0.155. The zero-order valence-electron chi connectivity index (χ0n) is 25.1. The number of nitrogens with zero attached hydrogens (tertiary/aromatic N) is 1. The predicted octanol–water partition coefficient (Wildman–Crippen LogP) is 6.71. The van der Waals surface area contributed by atoms with Crippen molar-refractivity contribution >= 4 is 31.3 Å². The van der Waals surface area contributed by atoms with Gasteiger partial charge in [-0.15, -0.1) is 0 Å². The molecule has 0 radical (unpaired) electrons. The molecule has 3 N–H and O–H groups in total. The number of benzene rings is 2. The molecule has 0 aliphatic rings. The van der Waals surface area contributed by atoms with Crippen molar-refractivity contribution in [1.82, 2.24) is 9.88 Å². The Morgan fingerprint density at radius 2 is 1.67 bits per heavy atom. The van der Waals surface area contributed by atoms with Gasteiger partial charge >= 0.3 is 12.1 Å². The van der Waals surface area contributed by atoms with Gasteiger partial charge in [-0.3, -0.25) is 4.79 Å². The number of aromatic carboxylic acids is 1. The fraction of sp³-hybridized carbons (Fsp3) is 0.433. The van der Waals surface area contributed by atoms with Gasteiger partial charge in [-0.1, -0.05) is 26.8 Å². The van der Waals surface area contributed by atoms with Crippen molar-refractivity contribution in [3.8, 4) is 5.75 Å². The molecule has 2 aromatic carbocycles. The fourth-order valence-electron chi connectivity index (χ4n) is 4.08. The second-order valence-electron chi connectivity index (χ2n) is 12.7. The number of phenolic OH excluding ortho intramolecular Hbond substituents is 1. The van der Waals surface area contributed by atoms with Gasteiger partial charge in [-0.05, 0) is 68.7 Å². The molecule has 0 aliphatic heterocycles. The highest BCUT2D eigenvalue weighted by atomic mass is 28.4. The van der Waals surface area contributed by atoms with E-state index >= 15 is 4.39 Å². The zero-order valence-corrected chi connectivity index (χ0v) is 26.1. The van der Waals surface area contributed by atoms with E-state index < -0.39 is 61.4 Å². The van der Waals surface area contributed by atoms with Gasteiger partial charge in [-0.25, -0.2) is 18.4 Å². The van der Waals surface area contributed by atoms with Crippen LogP contribution in [0.4, 0.5) is 13.6 Å². The molecule has 0 bridgehead atoms. The smallest absolute Gasteiger partial charge is 0.410 e. The number of aromatic amines is 1. The summed E-state index contributed by atoms with van der Waals surface area (Å²) in [4.78, 5) is 40.6. The fourth-order valence-corrected chi connectivity index (χ4v) is 5.35. The molecule has 228 valence electrons. The molecule has 1 aromatic heterocycles. The molecule has 1 heterocycles. The largest absolute Gasteiger partial charge is 0.506 e. The molecule has 0 saturated carbocycles. The molecule has 12 heteroatoms. The van der Waals surface area contributed by atoms with Crippen molar-refractivity contribution in [3.63, 3.8) is 0 Å². The van der Waals surface area contributed by atoms with Gasteiger partial charge in [-0.2, -0.15) is 0 Å². The van der Waals surface area contributed by atoms with Crippen molar-refractivity contribution in [2.24, 2.45) is 0 Å². The quantitative estimate of drug-likeness (QED) is 0.244. The molecule has 1 amide bonds. The van der Waals surface area contributed by atoms with Crippen LogP contribution in [0.15, 0.2) is 41.2 Å². The number of rotatable bonds is 8. The van der Waals surface area contributed by atoms with Crippen LogP contribution in [0.3, 0.4) is 0 Å². The molecule has 3 aromatic rings.